The molecule has 1 heterocycles. The summed E-state index contributed by atoms with van der Waals surface area (Å²) in [5, 5.41) is 3.39. The van der Waals surface area contributed by atoms with Crippen molar-refractivity contribution < 1.29 is 4.79 Å². The van der Waals surface area contributed by atoms with Crippen LogP contribution in [0, 0.1) is 0 Å². The van der Waals surface area contributed by atoms with Crippen LogP contribution in [-0.2, 0) is 0 Å². The van der Waals surface area contributed by atoms with Crippen molar-refractivity contribution in [2.75, 3.05) is 6.54 Å². The molecule has 2 nitrogen and oxygen atoms in total. The Morgan fingerprint density at radius 3 is 2.24 bits per heavy atom. The third-order valence-corrected chi connectivity index (χ3v) is 4.37. The fourth-order valence-electron chi connectivity index (χ4n) is 3.01. The maximum absolute atomic E-state index is 12.7. The minimum absolute atomic E-state index is 0.210. The van der Waals surface area contributed by atoms with E-state index in [9.17, 15) is 4.79 Å². The van der Waals surface area contributed by atoms with Gasteiger partial charge in [-0.15, -0.1) is 0 Å². The Kier molecular flexibility index (Phi) is 3.89. The Balaban J connectivity index is 1.82. The molecule has 3 rings (SSSR count). The summed E-state index contributed by atoms with van der Waals surface area (Å²) in [6, 6.07) is 18.2. The highest BCUT2D eigenvalue weighted by Gasteiger charge is 2.34. The lowest BCUT2D eigenvalue weighted by molar-refractivity contribution is 0.0835. The first-order valence-electron chi connectivity index (χ1n) is 7.64. The van der Waals surface area contributed by atoms with Crippen LogP contribution >= 0.6 is 0 Å². The lowest BCUT2D eigenvalue weighted by Crippen LogP contribution is -2.52. The molecule has 2 heteroatoms. The maximum Gasteiger partial charge on any atom is 0.182 e. The van der Waals surface area contributed by atoms with Crippen LogP contribution in [0.5, 0.6) is 0 Å². The fraction of sp³-hybridized carbons (Fsp3) is 0.316. The molecule has 0 amide bonds. The average molecular weight is 279 g/mol. The van der Waals surface area contributed by atoms with Gasteiger partial charge in [0, 0.05) is 5.56 Å². The molecule has 0 bridgehead atoms. The zero-order valence-electron chi connectivity index (χ0n) is 12.4. The molecule has 0 radical (unpaired) electrons. The maximum atomic E-state index is 12.7. The van der Waals surface area contributed by atoms with Crippen LogP contribution in [0.2, 0.25) is 0 Å². The summed E-state index contributed by atoms with van der Waals surface area (Å²) in [4.78, 5) is 12.7. The quantitative estimate of drug-likeness (QED) is 0.858. The summed E-state index contributed by atoms with van der Waals surface area (Å²) in [7, 11) is 0. The van der Waals surface area contributed by atoms with Gasteiger partial charge >= 0.3 is 0 Å². The van der Waals surface area contributed by atoms with Crippen molar-refractivity contribution in [1.82, 2.24) is 5.32 Å². The van der Waals surface area contributed by atoms with Crippen LogP contribution in [0.1, 0.15) is 36.5 Å². The van der Waals surface area contributed by atoms with Crippen LogP contribution in [0.15, 0.2) is 54.6 Å². The lowest BCUT2D eigenvalue weighted by atomic mass is 9.83. The van der Waals surface area contributed by atoms with E-state index in [2.05, 4.69) is 17.4 Å². The van der Waals surface area contributed by atoms with E-state index in [0.29, 0.717) is 0 Å². The van der Waals surface area contributed by atoms with Gasteiger partial charge in [0.2, 0.25) is 0 Å². The van der Waals surface area contributed by atoms with Gasteiger partial charge in [-0.05, 0) is 43.9 Å². The molecule has 0 aliphatic carbocycles. The van der Waals surface area contributed by atoms with E-state index in [1.807, 2.05) is 49.4 Å². The van der Waals surface area contributed by atoms with Gasteiger partial charge < -0.3 is 5.32 Å². The molecule has 21 heavy (non-hydrogen) atoms. The van der Waals surface area contributed by atoms with E-state index in [-0.39, 0.29) is 5.78 Å². The van der Waals surface area contributed by atoms with Crippen molar-refractivity contribution >= 4 is 5.78 Å². The minimum Gasteiger partial charge on any atom is -0.305 e. The second kappa shape index (κ2) is 5.82. The standard InChI is InChI=1S/C19H21NO/c1-19(13-5-6-14-20-19)18(21)17-11-9-16(10-12-17)15-7-3-2-4-8-15/h2-4,7-12,20H,5-6,13-14H2,1H3. The van der Waals surface area contributed by atoms with Crippen molar-refractivity contribution in [2.24, 2.45) is 0 Å². The molecule has 1 unspecified atom stereocenters. The van der Waals surface area contributed by atoms with Crippen LogP contribution < -0.4 is 5.32 Å². The summed E-state index contributed by atoms with van der Waals surface area (Å²) >= 11 is 0. The number of ketones is 1. The second-order valence-corrected chi connectivity index (χ2v) is 5.99. The second-order valence-electron chi connectivity index (χ2n) is 5.99. The molecule has 1 saturated heterocycles. The Hall–Kier alpha value is -1.93. The Labute approximate surface area is 126 Å². The van der Waals surface area contributed by atoms with E-state index in [0.717, 1.165) is 36.9 Å². The third-order valence-electron chi connectivity index (χ3n) is 4.37. The molecule has 2 aromatic carbocycles. The first-order valence-corrected chi connectivity index (χ1v) is 7.64. The monoisotopic (exact) mass is 279 g/mol. The average Bonchev–Trinajstić information content (AvgIpc) is 2.56. The van der Waals surface area contributed by atoms with Gasteiger partial charge in [-0.1, -0.05) is 54.6 Å². The molecule has 1 atom stereocenters. The van der Waals surface area contributed by atoms with Gasteiger partial charge in [0.15, 0.2) is 5.78 Å². The number of Topliss-reactive ketones (excluding diaryl/α,β-unsaturated/α-hetero) is 1. The third kappa shape index (κ3) is 2.91. The van der Waals surface area contributed by atoms with Gasteiger partial charge in [0.1, 0.15) is 0 Å². The highest BCUT2D eigenvalue weighted by molar-refractivity contribution is 6.03. The fourth-order valence-corrected chi connectivity index (χ4v) is 3.01. The van der Waals surface area contributed by atoms with Crippen LogP contribution in [0.4, 0.5) is 0 Å². The van der Waals surface area contributed by atoms with Crippen molar-refractivity contribution in [3.8, 4) is 11.1 Å². The van der Waals surface area contributed by atoms with E-state index in [1.165, 1.54) is 5.56 Å². The topological polar surface area (TPSA) is 29.1 Å². The summed E-state index contributed by atoms with van der Waals surface area (Å²) in [5.74, 6) is 0.210. The molecule has 1 fully saturated rings. The number of carbonyl (C=O) groups excluding carboxylic acids is 1. The van der Waals surface area contributed by atoms with Gasteiger partial charge in [-0.2, -0.15) is 0 Å². The number of benzene rings is 2. The summed E-state index contributed by atoms with van der Waals surface area (Å²) in [6.07, 6.45) is 3.21. The first kappa shape index (κ1) is 14.0. The number of nitrogens with one attached hydrogen (secondary N) is 1. The van der Waals surface area contributed by atoms with Crippen LogP contribution in [0.3, 0.4) is 0 Å². The number of hydrogen-bond donors (Lipinski definition) is 1. The highest BCUT2D eigenvalue weighted by atomic mass is 16.1. The van der Waals surface area contributed by atoms with Crippen molar-refractivity contribution in [3.63, 3.8) is 0 Å². The summed E-state index contributed by atoms with van der Waals surface area (Å²) < 4.78 is 0. The molecule has 0 spiro atoms. The summed E-state index contributed by atoms with van der Waals surface area (Å²) in [6.45, 7) is 2.96. The zero-order chi connectivity index (χ0) is 14.7. The van der Waals surface area contributed by atoms with Gasteiger partial charge in [-0.3, -0.25) is 4.79 Å². The Morgan fingerprint density at radius 2 is 1.62 bits per heavy atom. The number of rotatable bonds is 3. The van der Waals surface area contributed by atoms with Gasteiger partial charge in [0.25, 0.3) is 0 Å². The predicted octanol–water partition coefficient (Wildman–Crippen LogP) is 4.07. The van der Waals surface area contributed by atoms with Crippen LogP contribution in [0.25, 0.3) is 11.1 Å². The zero-order valence-corrected chi connectivity index (χ0v) is 12.4. The highest BCUT2D eigenvalue weighted by Crippen LogP contribution is 2.25. The molecular weight excluding hydrogens is 258 g/mol. The van der Waals surface area contributed by atoms with Gasteiger partial charge in [0.05, 0.1) is 5.54 Å². The van der Waals surface area contributed by atoms with E-state index in [1.54, 1.807) is 0 Å². The van der Waals surface area contributed by atoms with Crippen molar-refractivity contribution in [2.45, 2.75) is 31.7 Å². The van der Waals surface area contributed by atoms with E-state index < -0.39 is 5.54 Å². The molecule has 2 aromatic rings. The molecule has 108 valence electrons. The smallest absolute Gasteiger partial charge is 0.182 e. The van der Waals surface area contributed by atoms with Gasteiger partial charge in [-0.25, -0.2) is 0 Å². The van der Waals surface area contributed by atoms with Crippen LogP contribution in [-0.4, -0.2) is 17.9 Å². The first-order chi connectivity index (χ1) is 10.2. The molecule has 0 aromatic heterocycles. The molecule has 0 saturated carbocycles. The van der Waals surface area contributed by atoms with E-state index >= 15 is 0 Å². The number of piperidine rings is 1. The number of carbonyl (C=O) groups is 1. The molecular formula is C19H21NO. The Morgan fingerprint density at radius 1 is 0.952 bits per heavy atom. The molecule has 1 aliphatic rings. The predicted molar refractivity (Wildman–Crippen MR) is 86.5 cm³/mol. The largest absolute Gasteiger partial charge is 0.305 e. The lowest BCUT2D eigenvalue weighted by Gasteiger charge is -2.33. The minimum atomic E-state index is -0.396. The van der Waals surface area contributed by atoms with Crippen molar-refractivity contribution in [1.29, 1.82) is 0 Å². The summed E-state index contributed by atoms with van der Waals surface area (Å²) in [5.41, 5.74) is 2.73. The van der Waals surface area contributed by atoms with Crippen molar-refractivity contribution in [3.05, 3.63) is 60.2 Å². The Bertz CT molecular complexity index is 610. The molecule has 1 aliphatic heterocycles. The number of hydrogen-bond acceptors (Lipinski definition) is 2. The molecule has 1 N–H and O–H groups in total. The van der Waals surface area contributed by atoms with E-state index in [4.69, 9.17) is 0 Å². The normalized spacial score (nSPS) is 22.0. The SMILES string of the molecule is CC1(C(=O)c2ccc(-c3ccccc3)cc2)CCCCN1.